The summed E-state index contributed by atoms with van der Waals surface area (Å²) >= 11 is 0. The monoisotopic (exact) mass is 281 g/mol. The van der Waals surface area contributed by atoms with Crippen molar-refractivity contribution in [2.45, 2.75) is 32.3 Å². The van der Waals surface area contributed by atoms with Gasteiger partial charge in [0.05, 0.1) is 21.1 Å². The molecule has 0 aromatic carbocycles. The molecule has 5 nitrogen and oxygen atoms in total. The van der Waals surface area contributed by atoms with E-state index in [0.29, 0.717) is 10.9 Å². The summed E-state index contributed by atoms with van der Waals surface area (Å²) in [7, 11) is 5.39. The predicted octanol–water partition coefficient (Wildman–Crippen LogP) is -0.399. The number of hydrogen-bond acceptors (Lipinski definition) is 4. The first-order valence-electron chi connectivity index (χ1n) is 5.79. The summed E-state index contributed by atoms with van der Waals surface area (Å²) in [5, 5.41) is 21.0. The molecule has 2 atom stereocenters. The summed E-state index contributed by atoms with van der Waals surface area (Å²) in [4.78, 5) is 22.7. The number of quaternary nitrogens is 1. The van der Waals surface area contributed by atoms with Crippen LogP contribution in [0, 0.1) is 5.92 Å². The lowest BCUT2D eigenvalue weighted by molar-refractivity contribution is -0.875. The Kier molecular flexibility index (Phi) is 7.73. The number of Topliss-reactive ketones (excluding diaryl/α,β-unsaturated/α-hetero) is 1. The highest BCUT2D eigenvalue weighted by Crippen LogP contribution is 2.21. The van der Waals surface area contributed by atoms with Gasteiger partial charge in [-0.15, -0.1) is 12.4 Å². The van der Waals surface area contributed by atoms with Crippen molar-refractivity contribution in [2.75, 3.05) is 27.7 Å². The predicted molar refractivity (Wildman–Crippen MR) is 69.2 cm³/mol. The fraction of sp³-hybridized carbons (Fsp3) is 0.833. The molecule has 0 fully saturated rings. The van der Waals surface area contributed by atoms with Crippen LogP contribution in [-0.2, 0) is 9.59 Å². The number of nitrogens with zero attached hydrogens (tertiary/aromatic N) is 1. The van der Waals surface area contributed by atoms with Crippen LogP contribution in [0.1, 0.15) is 26.7 Å². The van der Waals surface area contributed by atoms with E-state index in [2.05, 4.69) is 0 Å². The van der Waals surface area contributed by atoms with Crippen molar-refractivity contribution in [3.8, 4) is 0 Å². The third kappa shape index (κ3) is 6.33. The first kappa shape index (κ1) is 19.7. The van der Waals surface area contributed by atoms with Gasteiger partial charge in [-0.3, -0.25) is 4.79 Å². The van der Waals surface area contributed by atoms with Crippen molar-refractivity contribution in [1.29, 1.82) is 0 Å². The molecule has 0 rings (SSSR count). The normalized spacial score (nSPS) is 16.3. The first-order valence-corrected chi connectivity index (χ1v) is 5.79. The Balaban J connectivity index is 0. The zero-order valence-corrected chi connectivity index (χ0v) is 12.5. The van der Waals surface area contributed by atoms with Crippen molar-refractivity contribution in [3.63, 3.8) is 0 Å². The van der Waals surface area contributed by atoms with Gasteiger partial charge in [0.15, 0.2) is 11.4 Å². The number of halogens is 1. The lowest BCUT2D eigenvalue weighted by Crippen LogP contribution is -2.57. The second kappa shape index (κ2) is 7.07. The Morgan fingerprint density at radius 2 is 1.78 bits per heavy atom. The van der Waals surface area contributed by atoms with Crippen LogP contribution in [0.25, 0.3) is 0 Å². The van der Waals surface area contributed by atoms with E-state index in [4.69, 9.17) is 0 Å². The number of hydrogen-bond donors (Lipinski definition) is 1. The fourth-order valence-corrected chi connectivity index (χ4v) is 1.89. The van der Waals surface area contributed by atoms with Crippen molar-refractivity contribution in [1.82, 2.24) is 0 Å². The number of carboxylic acids is 1. The molecule has 0 saturated heterocycles. The zero-order chi connectivity index (χ0) is 13.9. The quantitative estimate of drug-likeness (QED) is 0.644. The van der Waals surface area contributed by atoms with Gasteiger partial charge in [0.2, 0.25) is 0 Å². The van der Waals surface area contributed by atoms with E-state index in [1.807, 2.05) is 6.92 Å². The highest BCUT2D eigenvalue weighted by Gasteiger charge is 2.42. The van der Waals surface area contributed by atoms with Crippen molar-refractivity contribution in [2.24, 2.45) is 5.92 Å². The smallest absolute Gasteiger partial charge is 0.177 e. The van der Waals surface area contributed by atoms with Crippen LogP contribution >= 0.6 is 12.4 Å². The van der Waals surface area contributed by atoms with Gasteiger partial charge in [-0.25, -0.2) is 0 Å². The highest BCUT2D eigenvalue weighted by molar-refractivity contribution is 5.92. The van der Waals surface area contributed by atoms with Gasteiger partial charge in [-0.2, -0.15) is 0 Å². The average molecular weight is 282 g/mol. The van der Waals surface area contributed by atoms with E-state index in [9.17, 15) is 19.8 Å². The van der Waals surface area contributed by atoms with E-state index in [0.717, 1.165) is 0 Å². The van der Waals surface area contributed by atoms with E-state index in [-0.39, 0.29) is 24.9 Å². The Labute approximate surface area is 115 Å². The Hall–Kier alpha value is -0.650. The minimum atomic E-state index is -1.84. The Morgan fingerprint density at radius 1 is 1.33 bits per heavy atom. The van der Waals surface area contributed by atoms with E-state index in [1.165, 1.54) is 0 Å². The molecular formula is C12H24ClNO4. The van der Waals surface area contributed by atoms with Crippen LogP contribution in [0.15, 0.2) is 0 Å². The van der Waals surface area contributed by atoms with Crippen molar-refractivity contribution >= 4 is 24.2 Å². The molecule has 18 heavy (non-hydrogen) atoms. The van der Waals surface area contributed by atoms with Crippen LogP contribution in [0.2, 0.25) is 0 Å². The SMILES string of the molecule is CCC(C)C(=O)[C@@](O)(CC(=O)[O-])C[N+](C)(C)C.Cl. The van der Waals surface area contributed by atoms with Crippen LogP contribution in [0.4, 0.5) is 0 Å². The molecule has 6 heteroatoms. The number of ketones is 1. The minimum Gasteiger partial charge on any atom is -0.550 e. The lowest BCUT2D eigenvalue weighted by Gasteiger charge is -2.36. The van der Waals surface area contributed by atoms with Gasteiger partial charge in [0, 0.05) is 18.3 Å². The molecule has 0 aliphatic carbocycles. The van der Waals surface area contributed by atoms with Gasteiger partial charge in [-0.05, 0) is 6.42 Å². The number of aliphatic hydroxyl groups is 1. The molecule has 0 radical (unpaired) electrons. The van der Waals surface area contributed by atoms with Crippen molar-refractivity contribution < 1.29 is 24.3 Å². The van der Waals surface area contributed by atoms with Crippen LogP contribution < -0.4 is 5.11 Å². The van der Waals surface area contributed by atoms with Crippen LogP contribution in [0.3, 0.4) is 0 Å². The Morgan fingerprint density at radius 3 is 2.06 bits per heavy atom. The topological polar surface area (TPSA) is 77.4 Å². The second-order valence-corrected chi connectivity index (χ2v) is 5.70. The van der Waals surface area contributed by atoms with Gasteiger partial charge in [0.1, 0.15) is 6.54 Å². The summed E-state index contributed by atoms with van der Waals surface area (Å²) in [5.41, 5.74) is -1.84. The van der Waals surface area contributed by atoms with Crippen LogP contribution in [-0.4, -0.2) is 54.6 Å². The largest absolute Gasteiger partial charge is 0.550 e. The third-order valence-electron chi connectivity index (χ3n) is 2.69. The lowest BCUT2D eigenvalue weighted by atomic mass is 9.85. The van der Waals surface area contributed by atoms with Crippen LogP contribution in [0.5, 0.6) is 0 Å². The summed E-state index contributed by atoms with van der Waals surface area (Å²) in [5.74, 6) is -2.18. The fourth-order valence-electron chi connectivity index (χ4n) is 1.89. The van der Waals surface area contributed by atoms with E-state index < -0.39 is 23.8 Å². The first-order chi connectivity index (χ1) is 7.52. The molecule has 0 aliphatic rings. The molecule has 1 N–H and O–H groups in total. The standard InChI is InChI=1S/C12H23NO4.ClH/c1-6-9(2)11(16)12(17,7-10(14)15)8-13(3,4)5;/h9,17H,6-8H2,1-5H3;1H/t9?,12-;/m1./s1. The molecule has 108 valence electrons. The van der Waals surface area contributed by atoms with Gasteiger partial charge in [-0.1, -0.05) is 13.8 Å². The summed E-state index contributed by atoms with van der Waals surface area (Å²) < 4.78 is 0.311. The maximum absolute atomic E-state index is 12.1. The van der Waals surface area contributed by atoms with E-state index >= 15 is 0 Å². The molecule has 0 heterocycles. The number of carbonyl (C=O) groups excluding carboxylic acids is 2. The minimum absolute atomic E-state index is 0. The molecule has 0 amide bonds. The summed E-state index contributed by atoms with van der Waals surface area (Å²) in [6, 6.07) is 0. The van der Waals surface area contributed by atoms with Gasteiger partial charge < -0.3 is 19.5 Å². The van der Waals surface area contributed by atoms with E-state index in [1.54, 1.807) is 28.1 Å². The number of aliphatic carboxylic acids is 1. The van der Waals surface area contributed by atoms with Gasteiger partial charge >= 0.3 is 0 Å². The number of carbonyl (C=O) groups is 2. The van der Waals surface area contributed by atoms with Crippen molar-refractivity contribution in [3.05, 3.63) is 0 Å². The molecule has 0 saturated carbocycles. The number of rotatable bonds is 7. The number of carboxylic acid groups (broad SMARTS) is 1. The molecule has 0 spiro atoms. The zero-order valence-electron chi connectivity index (χ0n) is 11.7. The summed E-state index contributed by atoms with van der Waals surface area (Å²) in [6.07, 6.45) is -0.0724. The number of likely N-dealkylation sites (N-methyl/N-ethyl adjacent to an activating group) is 1. The average Bonchev–Trinajstić information content (AvgIpc) is 2.10. The second-order valence-electron chi connectivity index (χ2n) is 5.70. The maximum atomic E-state index is 12.1. The molecular weight excluding hydrogens is 258 g/mol. The van der Waals surface area contributed by atoms with Gasteiger partial charge in [0.25, 0.3) is 0 Å². The third-order valence-corrected chi connectivity index (χ3v) is 2.69. The Bertz CT molecular complexity index is 301. The molecule has 0 aliphatic heterocycles. The molecule has 0 aromatic heterocycles. The summed E-state index contributed by atoms with van der Waals surface area (Å²) in [6.45, 7) is 3.58. The molecule has 0 bridgehead atoms. The highest BCUT2D eigenvalue weighted by atomic mass is 35.5. The molecule has 1 unspecified atom stereocenters. The maximum Gasteiger partial charge on any atom is 0.177 e. The molecule has 0 aromatic rings.